The van der Waals surface area contributed by atoms with E-state index >= 15 is 0 Å². The number of pyridine rings is 2. The third kappa shape index (κ3) is 14.0. The van der Waals surface area contributed by atoms with Crippen LogP contribution in [0.4, 0.5) is 91.8 Å². The molecule has 0 amide bonds. The van der Waals surface area contributed by atoms with Gasteiger partial charge in [0, 0.05) is 138 Å². The number of rotatable bonds is 9. The Morgan fingerprint density at radius 3 is 0.913 bits per heavy atom. The van der Waals surface area contributed by atoms with Gasteiger partial charge in [-0.05, 0) is 202 Å². The first-order valence-electron chi connectivity index (χ1n) is 48.5. The van der Waals surface area contributed by atoms with E-state index in [-0.39, 0.29) is 30.8 Å². The highest BCUT2D eigenvalue weighted by atomic mass is 16.3. The van der Waals surface area contributed by atoms with E-state index in [2.05, 4.69) is 299 Å². The van der Waals surface area contributed by atoms with Crippen LogP contribution in [0.25, 0.3) is 110 Å². The molecule has 13 aromatic carbocycles. The van der Waals surface area contributed by atoms with Crippen LogP contribution in [0, 0.1) is 34.6 Å². The Morgan fingerprint density at radius 2 is 0.529 bits per heavy atom. The van der Waals surface area contributed by atoms with E-state index in [1.54, 1.807) is 31.0 Å². The first kappa shape index (κ1) is 81.8. The summed E-state index contributed by atoms with van der Waals surface area (Å²) in [6, 6.07) is 102. The molecule has 0 spiro atoms. The van der Waals surface area contributed by atoms with Crippen LogP contribution in [0.2, 0.25) is 0 Å². The molecule has 0 bridgehead atoms. The lowest BCUT2D eigenvalue weighted by molar-refractivity contribution is 0.383. The van der Waals surface area contributed by atoms with Gasteiger partial charge in [-0.3, -0.25) is 14.7 Å². The maximum atomic E-state index is 7.67. The van der Waals surface area contributed by atoms with Crippen LogP contribution in [-0.4, -0.2) is 78.7 Å². The molecule has 0 radical (unpaired) electrons. The van der Waals surface area contributed by atoms with E-state index in [1.165, 1.54) is 16.0 Å². The molecule has 0 saturated heterocycles. The monoisotopic (exact) mass is 1810 g/mol. The molecule has 5 atom stereocenters. The average Bonchev–Trinajstić information content (AvgIpc) is 1.57. The summed E-state index contributed by atoms with van der Waals surface area (Å²) < 4.78 is 54.6. The topological polar surface area (TPSA) is 175 Å². The summed E-state index contributed by atoms with van der Waals surface area (Å²) in [5.74, 6) is 5.41. The number of furan rings is 5. The number of fused-ring (bicyclic) bond motifs is 19. The predicted molar refractivity (Wildman–Crippen MR) is 563 cm³/mol. The first-order valence-corrected chi connectivity index (χ1v) is 47.0. The van der Waals surface area contributed by atoms with Crippen molar-refractivity contribution in [1.82, 2.24) is 34.8 Å². The van der Waals surface area contributed by atoms with Crippen LogP contribution in [0.3, 0.4) is 0 Å². The van der Waals surface area contributed by atoms with Crippen molar-refractivity contribution in [2.24, 2.45) is 0 Å². The van der Waals surface area contributed by atoms with Crippen molar-refractivity contribution < 1.29 is 26.2 Å². The zero-order chi connectivity index (χ0) is 96.5. The number of aryl methyl sites for hydroxylation is 5. The number of anilines is 16. The van der Waals surface area contributed by atoms with Gasteiger partial charge in [0.15, 0.2) is 62.8 Å². The Kier molecular flexibility index (Phi) is 20.5. The Morgan fingerprint density at radius 1 is 0.246 bits per heavy atom. The van der Waals surface area contributed by atoms with Crippen molar-refractivity contribution in [1.29, 1.82) is 0 Å². The third-order valence-electron chi connectivity index (χ3n) is 27.5. The number of nitrogens with zero attached hydrogens (tertiary/aromatic N) is 16. The minimum Gasteiger partial charge on any atom is -0.454 e. The Bertz CT molecular complexity index is 8080. The van der Waals surface area contributed by atoms with Gasteiger partial charge in [0.25, 0.3) is 0 Å². The molecule has 0 fully saturated rings. The predicted octanol–water partition coefficient (Wildman–Crippen LogP) is 30.0. The van der Waals surface area contributed by atoms with Gasteiger partial charge >= 0.3 is 0 Å². The standard InChI is InChI=1S/2C26H21N3O.C25H20N4O.C22H22N4O.C18H18N2O/c1-17-14-15-21-20-11-6-7-13-23(20)30-25(21)24(17)29-18(2)28(19-9-4-3-5-10-19)26-22(29)12-8-16-27-26;1-17-14-15-21-20-11-6-7-13-23(20)30-25(21)24(17)29-18(2)28(19-9-4-3-5-10-19)22-12-8-16-27-26(22)29;1-16-12-13-20-19-10-6-7-11-21(19)30-23(20)22(16)29-17(2)28(18-8-4-3-5-9-18)24-25(29)27-15-14-26-24;1-13(2)25-15(4)26(22-21(25)23-11-12-24-22)19-14(3)9-10-17-16-7-5-6-8-18(16)27-20(17)19;1-12-8-9-15-14-6-4-5-7-16(14)21-18(15)17(12)20-11-10-19(3)13(20)2/h2*3-16,18H,1-2H3;3-15,17H,1-2H3;5-13,15H,1-4H3;4-11,13H,1-3H3/i;;;;3D3. The number of benzene rings is 13. The summed E-state index contributed by atoms with van der Waals surface area (Å²) in [5, 5.41) is 11.2. The Balaban J connectivity index is 0.0000000984. The zero-order valence-electron chi connectivity index (χ0n) is 81.6. The van der Waals surface area contributed by atoms with Gasteiger partial charge in [-0.1, -0.05) is 206 Å². The van der Waals surface area contributed by atoms with Crippen molar-refractivity contribution in [3.8, 4) is 0 Å². The molecule has 27 rings (SSSR count). The molecular weight excluding hydrogens is 1710 g/mol. The first-order chi connectivity index (χ1) is 68.7. The van der Waals surface area contributed by atoms with Crippen LogP contribution < -0.4 is 44.1 Å². The number of para-hydroxylation sites is 8. The fourth-order valence-corrected chi connectivity index (χ4v) is 21.1. The minimum absolute atomic E-state index is 0.0117. The molecular formula is C117H102N16O5. The van der Waals surface area contributed by atoms with Crippen molar-refractivity contribution >= 4 is 201 Å². The molecule has 0 saturated carbocycles. The summed E-state index contributed by atoms with van der Waals surface area (Å²) in [4.78, 5) is 49.9. The zero-order valence-corrected chi connectivity index (χ0v) is 78.6. The second kappa shape index (κ2) is 34.5. The fraction of sp³-hybridized carbons (Fsp3) is 0.162. The van der Waals surface area contributed by atoms with E-state index in [9.17, 15) is 0 Å². The van der Waals surface area contributed by atoms with E-state index in [4.69, 9.17) is 41.1 Å². The fourth-order valence-electron chi connectivity index (χ4n) is 21.1. The van der Waals surface area contributed by atoms with Gasteiger partial charge in [0.05, 0.1) is 39.8 Å². The highest BCUT2D eigenvalue weighted by Gasteiger charge is 2.44. The van der Waals surface area contributed by atoms with Crippen molar-refractivity contribution in [2.75, 3.05) is 51.1 Å². The van der Waals surface area contributed by atoms with Crippen LogP contribution in [-0.2, 0) is 0 Å². The van der Waals surface area contributed by atoms with Crippen LogP contribution in [0.5, 0.6) is 0 Å². The molecule has 5 unspecified atom stereocenters. The van der Waals surface area contributed by atoms with Gasteiger partial charge in [-0.2, -0.15) is 0 Å². The smallest absolute Gasteiger partial charge is 0.178 e. The SMILES string of the molecule is Cc1ccc2c(oc3ccccc32)c1N1c2cccnc2N(c2ccccc2)C1C.Cc1ccc2c(oc3ccccc32)c1N1c2ncccc2N(c2ccccc2)C1C.Cc1ccc2c(oc3ccccc32)c1N1c2nccnc2N(C(C)C)C1C.Cc1ccc2c(oc3ccccc32)c1N1c2nccnc2N(c2ccccc2)C1C.[2H]C([2H])([2H])N1C=CN(c2c(C)ccc3c2oc2ccccc23)C1C. The average molecular weight is 1820 g/mol. The molecule has 22 aromatic rings. The highest BCUT2D eigenvalue weighted by molar-refractivity contribution is 6.16. The lowest BCUT2D eigenvalue weighted by Gasteiger charge is -2.32. The van der Waals surface area contributed by atoms with Gasteiger partial charge in [0.1, 0.15) is 58.7 Å². The van der Waals surface area contributed by atoms with Crippen LogP contribution >= 0.6 is 0 Å². The second-order valence-corrected chi connectivity index (χ2v) is 36.0. The summed E-state index contributed by atoms with van der Waals surface area (Å²) in [6.07, 6.45) is 14.1. The van der Waals surface area contributed by atoms with Crippen LogP contribution in [0.1, 0.15) is 80.4 Å². The van der Waals surface area contributed by atoms with Gasteiger partial charge in [-0.25, -0.2) is 29.9 Å². The largest absolute Gasteiger partial charge is 0.454 e. The summed E-state index contributed by atoms with van der Waals surface area (Å²) >= 11 is 0. The van der Waals surface area contributed by atoms with Gasteiger partial charge in [-0.15, -0.1) is 0 Å². The lowest BCUT2D eigenvalue weighted by atomic mass is 10.1. The lowest BCUT2D eigenvalue weighted by Crippen LogP contribution is -2.42. The molecule has 0 aliphatic carbocycles. The quantitative estimate of drug-likeness (QED) is 0.133. The minimum atomic E-state index is -2.17. The number of hydrogen-bond acceptors (Lipinski definition) is 21. The molecule has 14 heterocycles. The molecule has 5 aliphatic heterocycles. The second-order valence-electron chi connectivity index (χ2n) is 36.0. The maximum Gasteiger partial charge on any atom is 0.178 e. The molecule has 5 aliphatic rings. The normalized spacial score (nSPS) is 16.8. The summed E-state index contributed by atoms with van der Waals surface area (Å²) in [7, 11) is 0. The molecule has 9 aromatic heterocycles. The Labute approximate surface area is 803 Å². The van der Waals surface area contributed by atoms with E-state index < -0.39 is 6.98 Å². The van der Waals surface area contributed by atoms with Crippen molar-refractivity contribution in [2.45, 2.75) is 120 Å². The van der Waals surface area contributed by atoms with Gasteiger partial charge < -0.3 is 56.4 Å². The molecule has 0 N–H and O–H groups in total. The Hall–Kier alpha value is -16.9. The maximum absolute atomic E-state index is 7.67. The number of aromatic nitrogens is 6. The van der Waals surface area contributed by atoms with E-state index in [0.717, 1.165) is 218 Å². The highest BCUT2D eigenvalue weighted by Crippen LogP contribution is 2.56. The number of hydrogen-bond donors (Lipinski definition) is 0. The molecule has 21 heteroatoms. The molecule has 21 nitrogen and oxygen atoms in total. The van der Waals surface area contributed by atoms with E-state index in [1.807, 2.05) is 159 Å². The molecule has 680 valence electrons. The van der Waals surface area contributed by atoms with Crippen molar-refractivity contribution in [3.05, 3.63) is 375 Å². The van der Waals surface area contributed by atoms with Crippen molar-refractivity contribution in [3.63, 3.8) is 0 Å². The summed E-state index contributed by atoms with van der Waals surface area (Å²) in [6.45, 7) is 23.5. The summed E-state index contributed by atoms with van der Waals surface area (Å²) in [5.41, 5.74) is 25.3. The molecule has 138 heavy (non-hydrogen) atoms. The third-order valence-corrected chi connectivity index (χ3v) is 27.5. The van der Waals surface area contributed by atoms with Gasteiger partial charge in [0.2, 0.25) is 0 Å². The van der Waals surface area contributed by atoms with Crippen LogP contribution in [0.15, 0.2) is 369 Å². The van der Waals surface area contributed by atoms with E-state index in [0.29, 0.717) is 6.04 Å².